The van der Waals surface area contributed by atoms with Crippen LogP contribution < -0.4 is 10.1 Å². The first-order valence-electron chi connectivity index (χ1n) is 10.8. The molecule has 0 aliphatic rings. The summed E-state index contributed by atoms with van der Waals surface area (Å²) in [6.07, 6.45) is 1.94. The molecule has 7 nitrogen and oxygen atoms in total. The number of hydrogen-bond acceptors (Lipinski definition) is 5. The first kappa shape index (κ1) is 21.8. The van der Waals surface area contributed by atoms with Crippen molar-refractivity contribution in [1.82, 2.24) is 19.7 Å². The van der Waals surface area contributed by atoms with Crippen LogP contribution in [0.3, 0.4) is 0 Å². The average Bonchev–Trinajstić information content (AvgIpc) is 3.48. The quantitative estimate of drug-likeness (QED) is 0.309. The predicted molar refractivity (Wildman–Crippen MR) is 136 cm³/mol. The molecule has 170 valence electrons. The molecule has 2 heterocycles. The summed E-state index contributed by atoms with van der Waals surface area (Å²) in [5, 5.41) is 13.6. The number of ether oxygens (including phenoxy) is 1. The van der Waals surface area contributed by atoms with Gasteiger partial charge in [-0.1, -0.05) is 54.2 Å². The normalized spacial score (nSPS) is 11.0. The minimum absolute atomic E-state index is 0.104. The molecule has 0 saturated carbocycles. The molecule has 5 aromatic rings. The van der Waals surface area contributed by atoms with Crippen LogP contribution in [0.1, 0.15) is 5.56 Å². The van der Waals surface area contributed by atoms with E-state index in [9.17, 15) is 4.79 Å². The van der Waals surface area contributed by atoms with E-state index in [1.807, 2.05) is 90.5 Å². The number of H-pyrrole nitrogens is 1. The number of fused-ring (bicyclic) bond motifs is 1. The van der Waals surface area contributed by atoms with Gasteiger partial charge in [-0.3, -0.25) is 9.36 Å². The van der Waals surface area contributed by atoms with Crippen LogP contribution in [-0.2, 0) is 4.79 Å². The van der Waals surface area contributed by atoms with E-state index in [-0.39, 0.29) is 11.7 Å². The Morgan fingerprint density at radius 1 is 1.06 bits per heavy atom. The van der Waals surface area contributed by atoms with Gasteiger partial charge < -0.3 is 15.0 Å². The van der Waals surface area contributed by atoms with Gasteiger partial charge in [0.2, 0.25) is 5.91 Å². The molecule has 2 aromatic heterocycles. The lowest BCUT2D eigenvalue weighted by atomic mass is 10.1. The molecule has 3 aromatic carbocycles. The van der Waals surface area contributed by atoms with E-state index in [1.54, 1.807) is 7.11 Å². The van der Waals surface area contributed by atoms with Crippen molar-refractivity contribution in [1.29, 1.82) is 0 Å². The van der Waals surface area contributed by atoms with Crippen molar-refractivity contribution in [2.24, 2.45) is 0 Å². The summed E-state index contributed by atoms with van der Waals surface area (Å²) >= 11 is 1.34. The van der Waals surface area contributed by atoms with Crippen molar-refractivity contribution in [2.75, 3.05) is 18.2 Å². The van der Waals surface area contributed by atoms with Gasteiger partial charge in [0.05, 0.1) is 18.6 Å². The lowest BCUT2D eigenvalue weighted by molar-refractivity contribution is -0.113. The molecule has 2 N–H and O–H groups in total. The fourth-order valence-electron chi connectivity index (χ4n) is 3.81. The van der Waals surface area contributed by atoms with Crippen molar-refractivity contribution in [3.05, 3.63) is 84.6 Å². The third kappa shape index (κ3) is 4.27. The number of aromatic nitrogens is 4. The minimum atomic E-state index is -0.104. The topological polar surface area (TPSA) is 84.8 Å². The number of nitrogens with zero attached hydrogens (tertiary/aromatic N) is 3. The van der Waals surface area contributed by atoms with Crippen LogP contribution in [0.5, 0.6) is 5.75 Å². The Kier molecular flexibility index (Phi) is 6.05. The highest BCUT2D eigenvalue weighted by atomic mass is 32.2. The Labute approximate surface area is 201 Å². The van der Waals surface area contributed by atoms with Crippen molar-refractivity contribution >= 4 is 34.3 Å². The molecule has 0 unspecified atom stereocenters. The molecular formula is C26H23N5O2S. The van der Waals surface area contributed by atoms with Crippen molar-refractivity contribution in [3.63, 3.8) is 0 Å². The summed E-state index contributed by atoms with van der Waals surface area (Å²) in [5.74, 6) is 1.51. The van der Waals surface area contributed by atoms with Gasteiger partial charge >= 0.3 is 0 Å². The number of nitrogens with one attached hydrogen (secondary N) is 2. The number of methoxy groups -OCH3 is 1. The van der Waals surface area contributed by atoms with Gasteiger partial charge in [-0.25, -0.2) is 0 Å². The third-order valence-electron chi connectivity index (χ3n) is 5.53. The third-order valence-corrected chi connectivity index (χ3v) is 6.46. The van der Waals surface area contributed by atoms with E-state index >= 15 is 0 Å². The van der Waals surface area contributed by atoms with Gasteiger partial charge in [0.25, 0.3) is 0 Å². The van der Waals surface area contributed by atoms with E-state index < -0.39 is 0 Å². The second-order valence-electron chi connectivity index (χ2n) is 7.74. The highest BCUT2D eigenvalue weighted by molar-refractivity contribution is 7.99. The number of carbonyl (C=O) groups excluding carboxylic acids is 1. The Hall–Kier alpha value is -4.04. The van der Waals surface area contributed by atoms with E-state index in [2.05, 4.69) is 20.5 Å². The molecule has 0 aliphatic heterocycles. The summed E-state index contributed by atoms with van der Waals surface area (Å²) in [6.45, 7) is 1.97. The van der Waals surface area contributed by atoms with Crippen molar-refractivity contribution < 1.29 is 9.53 Å². The van der Waals surface area contributed by atoms with E-state index in [1.165, 1.54) is 11.8 Å². The van der Waals surface area contributed by atoms with Crippen LogP contribution in [0, 0.1) is 6.92 Å². The van der Waals surface area contributed by atoms with Crippen LogP contribution in [0.25, 0.3) is 28.0 Å². The summed E-state index contributed by atoms with van der Waals surface area (Å²) in [6, 6.07) is 23.5. The largest absolute Gasteiger partial charge is 0.497 e. The number of para-hydroxylation sites is 2. The first-order chi connectivity index (χ1) is 16.6. The first-order valence-corrected chi connectivity index (χ1v) is 11.8. The second-order valence-corrected chi connectivity index (χ2v) is 8.69. The Bertz CT molecular complexity index is 1470. The smallest absolute Gasteiger partial charge is 0.234 e. The number of benzene rings is 3. The standard InChI is InChI=1S/C26H23N5O2S/c1-17-8-3-5-12-22(17)28-24(32)16-34-26-30-29-25(21-15-27-23-13-6-4-11-20(21)23)31(26)18-9-7-10-19(14-18)33-2/h3-15,27H,16H2,1-2H3,(H,28,32). The molecule has 0 bridgehead atoms. The zero-order valence-electron chi connectivity index (χ0n) is 18.8. The molecule has 0 fully saturated rings. The Morgan fingerprint density at radius 3 is 2.74 bits per heavy atom. The number of thioether (sulfide) groups is 1. The summed E-state index contributed by atoms with van der Waals surface area (Å²) in [5.41, 5.74) is 4.63. The summed E-state index contributed by atoms with van der Waals surface area (Å²) in [7, 11) is 1.64. The van der Waals surface area contributed by atoms with Crippen molar-refractivity contribution in [3.8, 4) is 22.8 Å². The van der Waals surface area contributed by atoms with Crippen LogP contribution in [0.2, 0.25) is 0 Å². The zero-order valence-corrected chi connectivity index (χ0v) is 19.6. The van der Waals surface area contributed by atoms with Crippen LogP contribution in [0.4, 0.5) is 5.69 Å². The molecule has 0 saturated heterocycles. The number of amides is 1. The van der Waals surface area contributed by atoms with E-state index in [4.69, 9.17) is 4.74 Å². The van der Waals surface area contributed by atoms with E-state index in [0.717, 1.165) is 39.2 Å². The maximum atomic E-state index is 12.7. The molecular weight excluding hydrogens is 446 g/mol. The number of anilines is 1. The maximum absolute atomic E-state index is 12.7. The fraction of sp³-hybridized carbons (Fsp3) is 0.115. The van der Waals surface area contributed by atoms with E-state index in [0.29, 0.717) is 11.0 Å². The Morgan fingerprint density at radius 2 is 1.88 bits per heavy atom. The lowest BCUT2D eigenvalue weighted by Gasteiger charge is -2.12. The van der Waals surface area contributed by atoms with Gasteiger partial charge in [-0.15, -0.1) is 10.2 Å². The molecule has 8 heteroatoms. The number of aromatic amines is 1. The summed E-state index contributed by atoms with van der Waals surface area (Å²) < 4.78 is 7.40. The molecule has 0 atom stereocenters. The Balaban J connectivity index is 1.50. The minimum Gasteiger partial charge on any atom is -0.497 e. The number of aryl methyl sites for hydroxylation is 1. The zero-order chi connectivity index (χ0) is 23.5. The summed E-state index contributed by atoms with van der Waals surface area (Å²) in [4.78, 5) is 16.0. The molecule has 0 radical (unpaired) electrons. The van der Waals surface area contributed by atoms with Crippen LogP contribution >= 0.6 is 11.8 Å². The van der Waals surface area contributed by atoms with Crippen LogP contribution in [0.15, 0.2) is 84.1 Å². The van der Waals surface area contributed by atoms with Gasteiger partial charge in [-0.05, 0) is 36.8 Å². The highest BCUT2D eigenvalue weighted by Crippen LogP contribution is 2.33. The fourth-order valence-corrected chi connectivity index (χ4v) is 4.56. The monoisotopic (exact) mass is 469 g/mol. The molecule has 34 heavy (non-hydrogen) atoms. The van der Waals surface area contributed by atoms with Gasteiger partial charge in [0, 0.05) is 34.4 Å². The van der Waals surface area contributed by atoms with Gasteiger partial charge in [-0.2, -0.15) is 0 Å². The molecule has 5 rings (SSSR count). The average molecular weight is 470 g/mol. The SMILES string of the molecule is COc1cccc(-n2c(SCC(=O)Nc3ccccc3C)nnc2-c2c[nH]c3ccccc23)c1. The molecule has 0 spiro atoms. The maximum Gasteiger partial charge on any atom is 0.234 e. The van der Waals surface area contributed by atoms with Crippen LogP contribution in [-0.4, -0.2) is 38.5 Å². The number of carbonyl (C=O) groups is 1. The molecule has 1 amide bonds. The van der Waals surface area contributed by atoms with Gasteiger partial charge in [0.15, 0.2) is 11.0 Å². The van der Waals surface area contributed by atoms with Gasteiger partial charge in [0.1, 0.15) is 5.75 Å². The predicted octanol–water partition coefficient (Wildman–Crippen LogP) is 5.46. The van der Waals surface area contributed by atoms with Crippen molar-refractivity contribution in [2.45, 2.75) is 12.1 Å². The lowest BCUT2D eigenvalue weighted by Crippen LogP contribution is -2.15. The second kappa shape index (κ2) is 9.44. The highest BCUT2D eigenvalue weighted by Gasteiger charge is 2.20. The molecule has 0 aliphatic carbocycles. The number of hydrogen-bond donors (Lipinski definition) is 2. The number of rotatable bonds is 7.